The third-order valence-electron chi connectivity index (χ3n) is 2.62. The molecule has 0 aliphatic rings. The van der Waals surface area contributed by atoms with E-state index < -0.39 is 0 Å². The number of rotatable bonds is 6. The van der Waals surface area contributed by atoms with Crippen LogP contribution in [0.3, 0.4) is 0 Å². The maximum absolute atomic E-state index is 11.8. The molecule has 0 atom stereocenters. The fraction of sp³-hybridized carbons (Fsp3) is 0.533. The van der Waals surface area contributed by atoms with Crippen molar-refractivity contribution in [2.45, 2.75) is 32.9 Å². The normalized spacial score (nSPS) is 11.0. The molecule has 6 heteroatoms. The molecule has 0 spiro atoms. The van der Waals surface area contributed by atoms with Crippen molar-refractivity contribution in [1.82, 2.24) is 5.32 Å². The molecule has 6 nitrogen and oxygen atoms in total. The van der Waals surface area contributed by atoms with Gasteiger partial charge >= 0.3 is 0 Å². The Bertz CT molecular complexity index is 470. The lowest BCUT2D eigenvalue weighted by Gasteiger charge is -2.21. The molecule has 0 heterocycles. The molecule has 0 radical (unpaired) electrons. The van der Waals surface area contributed by atoms with Crippen LogP contribution < -0.4 is 25.3 Å². The van der Waals surface area contributed by atoms with Gasteiger partial charge in [-0.25, -0.2) is 0 Å². The van der Waals surface area contributed by atoms with Crippen molar-refractivity contribution in [2.24, 2.45) is 5.73 Å². The van der Waals surface area contributed by atoms with Gasteiger partial charge in [0.15, 0.2) is 18.1 Å². The highest BCUT2D eigenvalue weighted by Gasteiger charge is 2.18. The summed E-state index contributed by atoms with van der Waals surface area (Å²) in [6.07, 6.45) is 0. The van der Waals surface area contributed by atoms with E-state index in [4.69, 9.17) is 19.9 Å². The van der Waals surface area contributed by atoms with E-state index in [1.54, 1.807) is 12.1 Å². The summed E-state index contributed by atoms with van der Waals surface area (Å²) in [4.78, 5) is 11.8. The Balaban J connectivity index is 2.89. The number of nitrogens with one attached hydrogen (secondary N) is 1. The zero-order valence-electron chi connectivity index (χ0n) is 13.3. The first kappa shape index (κ1) is 17.1. The molecule has 1 amide bonds. The molecule has 1 aromatic rings. The Kier molecular flexibility index (Phi) is 5.84. The second-order valence-electron chi connectivity index (χ2n) is 5.62. The summed E-state index contributed by atoms with van der Waals surface area (Å²) in [7, 11) is 3.05. The number of amides is 1. The second kappa shape index (κ2) is 7.17. The van der Waals surface area contributed by atoms with Crippen LogP contribution in [-0.4, -0.2) is 32.3 Å². The van der Waals surface area contributed by atoms with Crippen molar-refractivity contribution in [1.29, 1.82) is 0 Å². The summed E-state index contributed by atoms with van der Waals surface area (Å²) in [5.74, 6) is 1.15. The summed E-state index contributed by atoms with van der Waals surface area (Å²) >= 11 is 0. The van der Waals surface area contributed by atoms with E-state index in [9.17, 15) is 4.79 Å². The molecule has 0 unspecified atom stereocenters. The van der Waals surface area contributed by atoms with Crippen molar-refractivity contribution in [3.05, 3.63) is 17.7 Å². The van der Waals surface area contributed by atoms with Gasteiger partial charge < -0.3 is 25.3 Å². The average Bonchev–Trinajstić information content (AvgIpc) is 2.42. The minimum atomic E-state index is -0.308. The summed E-state index contributed by atoms with van der Waals surface area (Å²) in [5, 5.41) is 2.82. The standard InChI is InChI=1S/C15H24N2O4/c1-15(2,3)17-13(18)9-21-14-11(19-4)6-10(8-16)7-12(14)20-5/h6-7H,8-9,16H2,1-5H3,(H,17,18). The van der Waals surface area contributed by atoms with Crippen molar-refractivity contribution >= 4 is 5.91 Å². The van der Waals surface area contributed by atoms with Crippen molar-refractivity contribution in [3.8, 4) is 17.2 Å². The maximum Gasteiger partial charge on any atom is 0.258 e. The van der Waals surface area contributed by atoms with Gasteiger partial charge in [-0.05, 0) is 38.5 Å². The first-order valence-electron chi connectivity index (χ1n) is 6.69. The molecule has 0 bridgehead atoms. The monoisotopic (exact) mass is 296 g/mol. The smallest absolute Gasteiger partial charge is 0.258 e. The summed E-state index contributed by atoms with van der Waals surface area (Å²) < 4.78 is 16.1. The van der Waals surface area contributed by atoms with E-state index in [1.807, 2.05) is 20.8 Å². The van der Waals surface area contributed by atoms with Gasteiger partial charge in [0, 0.05) is 12.1 Å². The topological polar surface area (TPSA) is 82.8 Å². The summed E-state index contributed by atoms with van der Waals surface area (Å²) in [6.45, 7) is 5.95. The maximum atomic E-state index is 11.8. The van der Waals surface area contributed by atoms with Crippen LogP contribution in [0.25, 0.3) is 0 Å². The number of nitrogens with two attached hydrogens (primary N) is 1. The van der Waals surface area contributed by atoms with Crippen LogP contribution in [0.5, 0.6) is 17.2 Å². The largest absolute Gasteiger partial charge is 0.493 e. The van der Waals surface area contributed by atoms with Crippen molar-refractivity contribution in [3.63, 3.8) is 0 Å². The highest BCUT2D eigenvalue weighted by Crippen LogP contribution is 2.38. The van der Waals surface area contributed by atoms with Gasteiger partial charge in [0.1, 0.15) is 0 Å². The Morgan fingerprint density at radius 3 is 2.10 bits per heavy atom. The molecular formula is C15H24N2O4. The van der Waals surface area contributed by atoms with Gasteiger partial charge in [-0.1, -0.05) is 0 Å². The summed E-state index contributed by atoms with van der Waals surface area (Å²) in [5.41, 5.74) is 6.17. The van der Waals surface area contributed by atoms with Gasteiger partial charge in [0.25, 0.3) is 5.91 Å². The zero-order chi connectivity index (χ0) is 16.0. The molecule has 0 aliphatic carbocycles. The molecule has 0 fully saturated rings. The van der Waals surface area contributed by atoms with E-state index in [-0.39, 0.29) is 18.1 Å². The Hall–Kier alpha value is -1.95. The van der Waals surface area contributed by atoms with Gasteiger partial charge in [0.2, 0.25) is 5.75 Å². The number of carbonyl (C=O) groups excluding carboxylic acids is 1. The van der Waals surface area contributed by atoms with E-state index in [2.05, 4.69) is 5.32 Å². The fourth-order valence-electron chi connectivity index (χ4n) is 1.79. The summed E-state index contributed by atoms with van der Waals surface area (Å²) in [6, 6.07) is 3.53. The average molecular weight is 296 g/mol. The minimum absolute atomic E-state index is 0.119. The molecule has 1 rings (SSSR count). The Labute approximate surface area is 125 Å². The van der Waals surface area contributed by atoms with E-state index in [0.29, 0.717) is 23.8 Å². The quantitative estimate of drug-likeness (QED) is 0.830. The molecule has 0 saturated heterocycles. The predicted molar refractivity (Wildman–Crippen MR) is 80.8 cm³/mol. The zero-order valence-corrected chi connectivity index (χ0v) is 13.3. The van der Waals surface area contributed by atoms with Crippen LogP contribution in [0.1, 0.15) is 26.3 Å². The molecule has 1 aromatic carbocycles. The van der Waals surface area contributed by atoms with Crippen LogP contribution in [0.2, 0.25) is 0 Å². The van der Waals surface area contributed by atoms with Crippen LogP contribution >= 0.6 is 0 Å². The third-order valence-corrected chi connectivity index (χ3v) is 2.62. The predicted octanol–water partition coefficient (Wildman–Crippen LogP) is 1.46. The van der Waals surface area contributed by atoms with Gasteiger partial charge in [-0.2, -0.15) is 0 Å². The van der Waals surface area contributed by atoms with Gasteiger partial charge in [-0.15, -0.1) is 0 Å². The molecule has 0 saturated carbocycles. The lowest BCUT2D eigenvalue weighted by molar-refractivity contribution is -0.124. The number of hydrogen-bond donors (Lipinski definition) is 2. The number of benzene rings is 1. The van der Waals surface area contributed by atoms with Crippen molar-refractivity contribution in [2.75, 3.05) is 20.8 Å². The first-order valence-corrected chi connectivity index (χ1v) is 6.69. The second-order valence-corrected chi connectivity index (χ2v) is 5.62. The fourth-order valence-corrected chi connectivity index (χ4v) is 1.79. The SMILES string of the molecule is COc1cc(CN)cc(OC)c1OCC(=O)NC(C)(C)C. The highest BCUT2D eigenvalue weighted by molar-refractivity contribution is 5.78. The third kappa shape index (κ3) is 5.15. The van der Waals surface area contributed by atoms with Crippen LogP contribution in [0, 0.1) is 0 Å². The van der Waals surface area contributed by atoms with E-state index >= 15 is 0 Å². The number of ether oxygens (including phenoxy) is 3. The van der Waals surface area contributed by atoms with E-state index in [1.165, 1.54) is 14.2 Å². The number of methoxy groups -OCH3 is 2. The van der Waals surface area contributed by atoms with E-state index in [0.717, 1.165) is 5.56 Å². The minimum Gasteiger partial charge on any atom is -0.493 e. The Morgan fingerprint density at radius 1 is 1.19 bits per heavy atom. The van der Waals surface area contributed by atoms with Crippen LogP contribution in [0.15, 0.2) is 12.1 Å². The molecular weight excluding hydrogens is 272 g/mol. The van der Waals surface area contributed by atoms with Crippen LogP contribution in [0.4, 0.5) is 0 Å². The lowest BCUT2D eigenvalue weighted by atomic mass is 10.1. The van der Waals surface area contributed by atoms with Gasteiger partial charge in [0.05, 0.1) is 14.2 Å². The Morgan fingerprint density at radius 2 is 1.71 bits per heavy atom. The molecule has 118 valence electrons. The number of hydrogen-bond acceptors (Lipinski definition) is 5. The molecule has 0 aliphatic heterocycles. The molecule has 21 heavy (non-hydrogen) atoms. The molecule has 0 aromatic heterocycles. The van der Waals surface area contributed by atoms with Crippen molar-refractivity contribution < 1.29 is 19.0 Å². The first-order chi connectivity index (χ1) is 9.80. The highest BCUT2D eigenvalue weighted by atomic mass is 16.5. The van der Waals surface area contributed by atoms with Gasteiger partial charge in [-0.3, -0.25) is 4.79 Å². The molecule has 3 N–H and O–H groups in total. The lowest BCUT2D eigenvalue weighted by Crippen LogP contribution is -2.43. The van der Waals surface area contributed by atoms with Crippen LogP contribution in [-0.2, 0) is 11.3 Å². The number of carbonyl (C=O) groups is 1.